The molecule has 1 aromatic carbocycles. The summed E-state index contributed by atoms with van der Waals surface area (Å²) < 4.78 is 5.77. The van der Waals surface area contributed by atoms with Crippen LogP contribution in [-0.4, -0.2) is 47.4 Å². The Bertz CT molecular complexity index is 537. The summed E-state index contributed by atoms with van der Waals surface area (Å²) in [5, 5.41) is 13.9. The molecule has 3 rings (SSSR count). The molecular weight excluding hydrogens is 316 g/mol. The molecule has 1 saturated carbocycles. The van der Waals surface area contributed by atoms with E-state index in [-0.39, 0.29) is 12.1 Å². The molecule has 2 amide bonds. The number of aliphatic hydroxyl groups is 1. The van der Waals surface area contributed by atoms with Gasteiger partial charge in [0, 0.05) is 11.6 Å². The fourth-order valence-corrected chi connectivity index (χ4v) is 3.25. The van der Waals surface area contributed by atoms with E-state index in [2.05, 4.69) is 5.32 Å². The minimum atomic E-state index is -0.724. The first kappa shape index (κ1) is 16.4. The Morgan fingerprint density at radius 3 is 2.57 bits per heavy atom. The average molecular weight is 339 g/mol. The second-order valence-electron chi connectivity index (χ2n) is 6.54. The van der Waals surface area contributed by atoms with Gasteiger partial charge < -0.3 is 20.1 Å². The lowest BCUT2D eigenvalue weighted by molar-refractivity contribution is 0.00219. The molecule has 1 aliphatic carbocycles. The van der Waals surface area contributed by atoms with Crippen molar-refractivity contribution in [2.75, 3.05) is 19.6 Å². The zero-order chi connectivity index (χ0) is 16.3. The first-order valence-electron chi connectivity index (χ1n) is 8.21. The fourth-order valence-electron chi connectivity index (χ4n) is 3.12. The van der Waals surface area contributed by atoms with E-state index >= 15 is 0 Å². The number of halogens is 1. The van der Waals surface area contributed by atoms with Crippen molar-refractivity contribution in [2.45, 2.75) is 43.8 Å². The van der Waals surface area contributed by atoms with Gasteiger partial charge in [0.15, 0.2) is 0 Å². The maximum atomic E-state index is 12.1. The Kier molecular flexibility index (Phi) is 4.97. The highest BCUT2D eigenvalue weighted by atomic mass is 35.5. The van der Waals surface area contributed by atoms with E-state index < -0.39 is 5.60 Å². The van der Waals surface area contributed by atoms with Gasteiger partial charge in [-0.25, -0.2) is 4.79 Å². The van der Waals surface area contributed by atoms with Crippen molar-refractivity contribution in [3.05, 3.63) is 29.3 Å². The van der Waals surface area contributed by atoms with Crippen molar-refractivity contribution >= 4 is 17.6 Å². The van der Waals surface area contributed by atoms with Crippen molar-refractivity contribution in [3.8, 4) is 5.75 Å². The van der Waals surface area contributed by atoms with E-state index in [1.54, 1.807) is 17.0 Å². The van der Waals surface area contributed by atoms with Crippen LogP contribution in [0.4, 0.5) is 4.79 Å². The van der Waals surface area contributed by atoms with Gasteiger partial charge in [-0.2, -0.15) is 0 Å². The second-order valence-corrected chi connectivity index (χ2v) is 6.98. The number of carbonyl (C=O) groups excluding carboxylic acids is 1. The minimum absolute atomic E-state index is 0.0136. The molecule has 1 aromatic rings. The fraction of sp³-hybridized carbons (Fsp3) is 0.588. The van der Waals surface area contributed by atoms with E-state index in [0.29, 0.717) is 24.7 Å². The molecule has 2 aliphatic rings. The molecule has 0 aromatic heterocycles. The number of nitrogens with zero attached hydrogens (tertiary/aromatic N) is 1. The lowest BCUT2D eigenvalue weighted by atomic mass is 9.85. The highest BCUT2D eigenvalue weighted by Crippen LogP contribution is 2.27. The Balaban J connectivity index is 1.38. The lowest BCUT2D eigenvalue weighted by Crippen LogP contribution is -2.60. The summed E-state index contributed by atoms with van der Waals surface area (Å²) in [5.41, 5.74) is -0.724. The molecule has 1 heterocycles. The van der Waals surface area contributed by atoms with Crippen LogP contribution in [0.5, 0.6) is 5.75 Å². The molecule has 1 aliphatic heterocycles. The van der Waals surface area contributed by atoms with Gasteiger partial charge in [-0.05, 0) is 37.1 Å². The van der Waals surface area contributed by atoms with Crippen molar-refractivity contribution in [1.29, 1.82) is 0 Å². The van der Waals surface area contributed by atoms with Gasteiger partial charge in [0.25, 0.3) is 0 Å². The normalized spacial score (nSPS) is 20.7. The summed E-state index contributed by atoms with van der Waals surface area (Å²) in [6.07, 6.45) is 4.80. The summed E-state index contributed by atoms with van der Waals surface area (Å²) in [5.74, 6) is 0.760. The van der Waals surface area contributed by atoms with E-state index in [1.807, 2.05) is 12.1 Å². The number of hydrogen-bond acceptors (Lipinski definition) is 3. The number of urea groups is 1. The first-order chi connectivity index (χ1) is 11.0. The van der Waals surface area contributed by atoms with Gasteiger partial charge in [-0.3, -0.25) is 0 Å². The summed E-state index contributed by atoms with van der Waals surface area (Å²) in [7, 11) is 0. The quantitative estimate of drug-likeness (QED) is 0.887. The summed E-state index contributed by atoms with van der Waals surface area (Å²) in [6, 6.07) is 7.09. The molecule has 2 fully saturated rings. The molecule has 126 valence electrons. The maximum absolute atomic E-state index is 12.1. The van der Waals surface area contributed by atoms with Gasteiger partial charge >= 0.3 is 6.03 Å². The Labute approximate surface area is 141 Å². The minimum Gasteiger partial charge on any atom is -0.487 e. The summed E-state index contributed by atoms with van der Waals surface area (Å²) in [4.78, 5) is 13.8. The van der Waals surface area contributed by atoms with Crippen LogP contribution < -0.4 is 10.1 Å². The molecule has 2 N–H and O–H groups in total. The number of rotatable bonds is 4. The Morgan fingerprint density at radius 1 is 1.26 bits per heavy atom. The van der Waals surface area contributed by atoms with Gasteiger partial charge in [-0.15, -0.1) is 0 Å². The number of nitrogens with one attached hydrogen (secondary N) is 1. The van der Waals surface area contributed by atoms with E-state index in [4.69, 9.17) is 16.3 Å². The van der Waals surface area contributed by atoms with Gasteiger partial charge in [-0.1, -0.05) is 30.9 Å². The third kappa shape index (κ3) is 4.30. The van der Waals surface area contributed by atoms with Crippen LogP contribution in [0.25, 0.3) is 0 Å². The molecule has 6 heteroatoms. The molecular formula is C17H23ClN2O3. The molecule has 0 bridgehead atoms. The smallest absolute Gasteiger partial charge is 0.317 e. The molecule has 0 radical (unpaired) electrons. The number of ether oxygens (including phenoxy) is 1. The highest BCUT2D eigenvalue weighted by Gasteiger charge is 2.34. The van der Waals surface area contributed by atoms with Crippen molar-refractivity contribution in [2.24, 2.45) is 0 Å². The average Bonchev–Trinajstić information content (AvgIpc) is 2.51. The van der Waals surface area contributed by atoms with Crippen molar-refractivity contribution in [1.82, 2.24) is 10.2 Å². The topological polar surface area (TPSA) is 61.8 Å². The number of hydrogen-bond donors (Lipinski definition) is 2. The monoisotopic (exact) mass is 338 g/mol. The molecule has 23 heavy (non-hydrogen) atoms. The molecule has 5 nitrogen and oxygen atoms in total. The summed E-state index contributed by atoms with van der Waals surface area (Å²) >= 11 is 5.83. The molecule has 0 unspecified atom stereocenters. The van der Waals surface area contributed by atoms with Crippen LogP contribution in [0.3, 0.4) is 0 Å². The summed E-state index contributed by atoms with van der Waals surface area (Å²) in [6.45, 7) is 1.46. The first-order valence-corrected chi connectivity index (χ1v) is 8.59. The van der Waals surface area contributed by atoms with Gasteiger partial charge in [0.2, 0.25) is 0 Å². The number of likely N-dealkylation sites (tertiary alicyclic amines) is 1. The molecule has 1 saturated heterocycles. The maximum Gasteiger partial charge on any atom is 0.317 e. The van der Waals surface area contributed by atoms with Crippen LogP contribution in [0.2, 0.25) is 5.02 Å². The highest BCUT2D eigenvalue weighted by molar-refractivity contribution is 6.30. The van der Waals surface area contributed by atoms with Crippen LogP contribution in [0.1, 0.15) is 32.1 Å². The molecule has 0 spiro atoms. The largest absolute Gasteiger partial charge is 0.487 e. The van der Waals surface area contributed by atoms with Crippen molar-refractivity contribution in [3.63, 3.8) is 0 Å². The number of carbonyl (C=O) groups is 1. The Hall–Kier alpha value is -1.46. The third-order valence-electron chi connectivity index (χ3n) is 4.60. The predicted molar refractivity (Wildman–Crippen MR) is 88.9 cm³/mol. The molecule has 0 atom stereocenters. The van der Waals surface area contributed by atoms with E-state index in [1.165, 1.54) is 6.42 Å². The third-order valence-corrected chi connectivity index (χ3v) is 4.86. The predicted octanol–water partition coefficient (Wildman–Crippen LogP) is 2.81. The zero-order valence-electron chi connectivity index (χ0n) is 13.1. The van der Waals surface area contributed by atoms with Crippen molar-refractivity contribution < 1.29 is 14.6 Å². The van der Waals surface area contributed by atoms with Crippen LogP contribution in [-0.2, 0) is 0 Å². The van der Waals surface area contributed by atoms with E-state index in [0.717, 1.165) is 31.4 Å². The van der Waals surface area contributed by atoms with Crippen LogP contribution in [0, 0.1) is 0 Å². The zero-order valence-corrected chi connectivity index (χ0v) is 13.9. The van der Waals surface area contributed by atoms with E-state index in [9.17, 15) is 9.90 Å². The van der Waals surface area contributed by atoms with Crippen LogP contribution >= 0.6 is 11.6 Å². The van der Waals surface area contributed by atoms with Crippen LogP contribution in [0.15, 0.2) is 24.3 Å². The van der Waals surface area contributed by atoms with Gasteiger partial charge in [0.1, 0.15) is 11.9 Å². The number of amides is 2. The Morgan fingerprint density at radius 2 is 1.91 bits per heavy atom. The second kappa shape index (κ2) is 6.97. The standard InChI is InChI=1S/C17H23ClN2O3/c18-13-4-6-14(7-5-13)23-15-10-20(11-15)16(21)19-12-17(22)8-2-1-3-9-17/h4-7,15,22H,1-3,8-12H2,(H,19,21). The SMILES string of the molecule is O=C(NCC1(O)CCCCC1)N1CC(Oc2ccc(Cl)cc2)C1. The lowest BCUT2D eigenvalue weighted by Gasteiger charge is -2.40. The number of benzene rings is 1. The van der Waals surface area contributed by atoms with Gasteiger partial charge in [0.05, 0.1) is 18.7 Å².